The van der Waals surface area contributed by atoms with E-state index in [0.717, 1.165) is 17.7 Å². The zero-order valence-electron chi connectivity index (χ0n) is 14.4. The third-order valence-corrected chi connectivity index (χ3v) is 5.75. The van der Waals surface area contributed by atoms with Crippen molar-refractivity contribution in [3.05, 3.63) is 42.2 Å². The Morgan fingerprint density at radius 2 is 2.04 bits per heavy atom. The maximum Gasteiger partial charge on any atom is 0.374 e. The number of carbonyl (C=O) groups is 2. The van der Waals surface area contributed by atoms with Gasteiger partial charge in [0.15, 0.2) is 6.61 Å². The number of thioether (sulfide) groups is 1. The average Bonchev–Trinajstić information content (AvgIpc) is 3.29. The van der Waals surface area contributed by atoms with E-state index in [1.165, 1.54) is 23.9 Å². The standard InChI is InChI=1S/C17H18N2O6S2/c1-26-13-4-2-3-12(9-13)18-15(20)10-24-17(21)14-7-8-16(25-14)27(22,23)19-11-5-6-11/h2-4,7-9,11,19H,5-6,10H2,1H3,(H,18,20). The van der Waals surface area contributed by atoms with E-state index in [0.29, 0.717) is 5.69 Å². The summed E-state index contributed by atoms with van der Waals surface area (Å²) in [5.74, 6) is -1.73. The van der Waals surface area contributed by atoms with Gasteiger partial charge in [-0.15, -0.1) is 11.8 Å². The molecule has 1 aromatic heterocycles. The van der Waals surface area contributed by atoms with Crippen molar-refractivity contribution < 1.29 is 27.2 Å². The van der Waals surface area contributed by atoms with Gasteiger partial charge in [0, 0.05) is 16.6 Å². The van der Waals surface area contributed by atoms with Gasteiger partial charge in [0.05, 0.1) is 0 Å². The minimum absolute atomic E-state index is 0.0798. The zero-order valence-corrected chi connectivity index (χ0v) is 16.1. The van der Waals surface area contributed by atoms with Gasteiger partial charge in [0.25, 0.3) is 15.9 Å². The molecular weight excluding hydrogens is 392 g/mol. The first-order valence-electron chi connectivity index (χ1n) is 8.10. The Morgan fingerprint density at radius 3 is 2.74 bits per heavy atom. The van der Waals surface area contributed by atoms with Crippen molar-refractivity contribution >= 4 is 39.3 Å². The first-order chi connectivity index (χ1) is 12.9. The van der Waals surface area contributed by atoms with Crippen molar-refractivity contribution in [1.82, 2.24) is 4.72 Å². The van der Waals surface area contributed by atoms with Gasteiger partial charge in [-0.1, -0.05) is 6.07 Å². The van der Waals surface area contributed by atoms with Gasteiger partial charge in [-0.3, -0.25) is 4.79 Å². The number of anilines is 1. The highest BCUT2D eigenvalue weighted by Gasteiger charge is 2.30. The number of nitrogens with one attached hydrogen (secondary N) is 2. The SMILES string of the molecule is CSc1cccc(NC(=O)COC(=O)c2ccc(S(=O)(=O)NC3CC3)o2)c1. The maximum atomic E-state index is 12.0. The van der Waals surface area contributed by atoms with Crippen molar-refractivity contribution in [3.8, 4) is 0 Å². The van der Waals surface area contributed by atoms with Crippen LogP contribution in [0.4, 0.5) is 5.69 Å². The van der Waals surface area contributed by atoms with E-state index < -0.39 is 28.5 Å². The number of rotatable bonds is 8. The molecule has 0 aliphatic heterocycles. The quantitative estimate of drug-likeness (QED) is 0.507. The smallest absolute Gasteiger partial charge is 0.374 e. The number of ether oxygens (including phenoxy) is 1. The minimum Gasteiger partial charge on any atom is -0.450 e. The first kappa shape index (κ1) is 19.5. The van der Waals surface area contributed by atoms with Crippen LogP contribution < -0.4 is 10.0 Å². The molecule has 0 spiro atoms. The second-order valence-corrected chi connectivity index (χ2v) is 8.40. The van der Waals surface area contributed by atoms with Crippen molar-refractivity contribution in [2.75, 3.05) is 18.2 Å². The van der Waals surface area contributed by atoms with Gasteiger partial charge in [-0.05, 0) is 49.4 Å². The number of amides is 1. The summed E-state index contributed by atoms with van der Waals surface area (Å²) < 4.78 is 36.4. The summed E-state index contributed by atoms with van der Waals surface area (Å²) in [5, 5.41) is 2.25. The fourth-order valence-electron chi connectivity index (χ4n) is 2.15. The Labute approximate surface area is 160 Å². The number of sulfonamides is 1. The van der Waals surface area contributed by atoms with Gasteiger partial charge in [0.1, 0.15) is 0 Å². The summed E-state index contributed by atoms with van der Waals surface area (Å²) in [7, 11) is -3.79. The summed E-state index contributed by atoms with van der Waals surface area (Å²) in [4.78, 5) is 24.9. The second kappa shape index (κ2) is 8.15. The molecule has 10 heteroatoms. The van der Waals surface area contributed by atoms with Crippen LogP contribution in [0.3, 0.4) is 0 Å². The van der Waals surface area contributed by atoms with Crippen LogP contribution in [0.15, 0.2) is 50.8 Å². The molecule has 0 radical (unpaired) electrons. The number of hydrogen-bond acceptors (Lipinski definition) is 7. The lowest BCUT2D eigenvalue weighted by Crippen LogP contribution is -2.25. The van der Waals surface area contributed by atoms with E-state index in [-0.39, 0.29) is 16.9 Å². The fourth-order valence-corrected chi connectivity index (χ4v) is 3.85. The number of benzene rings is 1. The van der Waals surface area contributed by atoms with Crippen LogP contribution in [0.1, 0.15) is 23.4 Å². The summed E-state index contributed by atoms with van der Waals surface area (Å²) in [6.45, 7) is -0.522. The molecule has 1 aromatic carbocycles. The Morgan fingerprint density at radius 1 is 1.26 bits per heavy atom. The predicted octanol–water partition coefficient (Wildman–Crippen LogP) is 2.24. The van der Waals surface area contributed by atoms with Crippen molar-refractivity contribution in [1.29, 1.82) is 0 Å². The van der Waals surface area contributed by atoms with Crippen LogP contribution in [-0.4, -0.2) is 39.2 Å². The lowest BCUT2D eigenvalue weighted by Gasteiger charge is -2.07. The summed E-state index contributed by atoms with van der Waals surface area (Å²) in [6, 6.07) is 9.51. The summed E-state index contributed by atoms with van der Waals surface area (Å²) in [6.07, 6.45) is 3.48. The van der Waals surface area contributed by atoms with Crippen LogP contribution in [-0.2, 0) is 19.6 Å². The minimum atomic E-state index is -3.79. The third kappa shape index (κ3) is 5.34. The summed E-state index contributed by atoms with van der Waals surface area (Å²) >= 11 is 1.53. The largest absolute Gasteiger partial charge is 0.450 e. The lowest BCUT2D eigenvalue weighted by atomic mass is 10.3. The second-order valence-electron chi connectivity index (χ2n) is 5.87. The molecule has 2 N–H and O–H groups in total. The van der Waals surface area contributed by atoms with E-state index in [1.54, 1.807) is 18.2 Å². The molecule has 3 rings (SSSR count). The molecule has 0 atom stereocenters. The Bertz CT molecular complexity index is 950. The van der Waals surface area contributed by atoms with E-state index in [2.05, 4.69) is 10.0 Å². The van der Waals surface area contributed by atoms with Crippen molar-refractivity contribution in [3.63, 3.8) is 0 Å². The number of esters is 1. The fraction of sp³-hybridized carbons (Fsp3) is 0.294. The lowest BCUT2D eigenvalue weighted by molar-refractivity contribution is -0.119. The maximum absolute atomic E-state index is 12.0. The zero-order chi connectivity index (χ0) is 19.4. The molecule has 1 amide bonds. The van der Waals surface area contributed by atoms with Gasteiger partial charge < -0.3 is 14.5 Å². The molecule has 1 saturated carbocycles. The Balaban J connectivity index is 1.53. The highest BCUT2D eigenvalue weighted by Crippen LogP contribution is 2.23. The third-order valence-electron chi connectivity index (χ3n) is 3.63. The number of hydrogen-bond donors (Lipinski definition) is 2. The average molecular weight is 410 g/mol. The molecule has 0 saturated heterocycles. The monoisotopic (exact) mass is 410 g/mol. The Kier molecular flexibility index (Phi) is 5.88. The van der Waals surface area contributed by atoms with Gasteiger partial charge in [-0.2, -0.15) is 0 Å². The van der Waals surface area contributed by atoms with Crippen LogP contribution in [0.5, 0.6) is 0 Å². The molecule has 1 aliphatic carbocycles. The topological polar surface area (TPSA) is 115 Å². The Hall–Kier alpha value is -2.30. The molecule has 8 nitrogen and oxygen atoms in total. The van der Waals surface area contributed by atoms with E-state index >= 15 is 0 Å². The van der Waals surface area contributed by atoms with Crippen LogP contribution in [0.2, 0.25) is 0 Å². The van der Waals surface area contributed by atoms with Crippen molar-refractivity contribution in [2.45, 2.75) is 28.9 Å². The predicted molar refractivity (Wildman–Crippen MR) is 99.2 cm³/mol. The van der Waals surface area contributed by atoms with Gasteiger partial charge >= 0.3 is 5.97 Å². The molecule has 1 fully saturated rings. The molecule has 27 heavy (non-hydrogen) atoms. The first-order valence-corrected chi connectivity index (χ1v) is 10.8. The van der Waals surface area contributed by atoms with Crippen LogP contribution in [0.25, 0.3) is 0 Å². The molecule has 1 heterocycles. The van der Waals surface area contributed by atoms with Crippen LogP contribution in [0, 0.1) is 0 Å². The highest BCUT2D eigenvalue weighted by molar-refractivity contribution is 7.98. The van der Waals surface area contributed by atoms with E-state index in [1.807, 2.05) is 12.3 Å². The van der Waals surface area contributed by atoms with E-state index in [4.69, 9.17) is 9.15 Å². The molecule has 0 unspecified atom stereocenters. The molecular formula is C17H18N2O6S2. The highest BCUT2D eigenvalue weighted by atomic mass is 32.2. The van der Waals surface area contributed by atoms with Crippen LogP contribution >= 0.6 is 11.8 Å². The molecule has 144 valence electrons. The normalized spacial score (nSPS) is 14.0. The van der Waals surface area contributed by atoms with Gasteiger partial charge in [-0.25, -0.2) is 17.9 Å². The van der Waals surface area contributed by atoms with Crippen molar-refractivity contribution in [2.24, 2.45) is 0 Å². The van der Waals surface area contributed by atoms with Gasteiger partial charge in [0.2, 0.25) is 10.9 Å². The molecule has 1 aliphatic rings. The molecule has 0 bridgehead atoms. The van der Waals surface area contributed by atoms with E-state index in [9.17, 15) is 18.0 Å². The summed E-state index contributed by atoms with van der Waals surface area (Å²) in [5.41, 5.74) is 0.584. The number of furan rings is 1. The molecule has 2 aromatic rings. The number of carbonyl (C=O) groups excluding carboxylic acids is 2.